The van der Waals surface area contributed by atoms with Crippen molar-refractivity contribution < 1.29 is 17.9 Å². The van der Waals surface area contributed by atoms with Gasteiger partial charge in [-0.1, -0.05) is 12.1 Å². The van der Waals surface area contributed by atoms with Crippen LogP contribution in [0.15, 0.2) is 24.3 Å². The maximum absolute atomic E-state index is 12.6. The first-order chi connectivity index (χ1) is 8.52. The molecule has 18 heavy (non-hydrogen) atoms. The van der Waals surface area contributed by atoms with Gasteiger partial charge in [0.1, 0.15) is 5.75 Å². The van der Waals surface area contributed by atoms with Crippen molar-refractivity contribution in [2.45, 2.75) is 12.6 Å². The fraction of sp³-hybridized carbons (Fsp3) is 0.385. The number of hydrogen-bond donors (Lipinski definition) is 1. The first kappa shape index (κ1) is 13.0. The van der Waals surface area contributed by atoms with Crippen LogP contribution in [0.4, 0.5) is 13.2 Å². The summed E-state index contributed by atoms with van der Waals surface area (Å²) in [6.45, 7) is 1.55. The minimum atomic E-state index is -4.34. The monoisotopic (exact) mass is 257 g/mol. The summed E-state index contributed by atoms with van der Waals surface area (Å²) < 4.78 is 42.9. The minimum Gasteiger partial charge on any atom is -0.496 e. The Labute approximate surface area is 103 Å². The molecule has 2 nitrogen and oxygen atoms in total. The highest BCUT2D eigenvalue weighted by Crippen LogP contribution is 2.35. The Morgan fingerprint density at radius 1 is 1.28 bits per heavy atom. The highest BCUT2D eigenvalue weighted by molar-refractivity contribution is 5.72. The van der Waals surface area contributed by atoms with Gasteiger partial charge in [0.25, 0.3) is 0 Å². The molecule has 0 atom stereocenters. The van der Waals surface area contributed by atoms with Gasteiger partial charge in [-0.05, 0) is 30.7 Å². The van der Waals surface area contributed by atoms with Crippen LogP contribution in [-0.4, -0.2) is 20.2 Å². The fourth-order valence-corrected chi connectivity index (χ4v) is 1.98. The molecule has 0 saturated carbocycles. The molecule has 1 N–H and O–H groups in total. The molecule has 0 unspecified atom stereocenters. The SMILES string of the molecule is COc1cc(C(F)(F)F)ccc1C1=CCCNC1. The number of nitrogens with one attached hydrogen (secondary N) is 1. The van der Waals surface area contributed by atoms with Crippen molar-refractivity contribution in [1.29, 1.82) is 0 Å². The Hall–Kier alpha value is -1.49. The summed E-state index contributed by atoms with van der Waals surface area (Å²) >= 11 is 0. The molecule has 1 aliphatic heterocycles. The van der Waals surface area contributed by atoms with Crippen LogP contribution < -0.4 is 10.1 Å². The average Bonchev–Trinajstić information content (AvgIpc) is 2.38. The van der Waals surface area contributed by atoms with E-state index >= 15 is 0 Å². The molecule has 1 heterocycles. The van der Waals surface area contributed by atoms with E-state index in [0.717, 1.165) is 36.2 Å². The predicted molar refractivity (Wildman–Crippen MR) is 63.5 cm³/mol. The second kappa shape index (κ2) is 5.02. The van der Waals surface area contributed by atoms with Gasteiger partial charge in [0, 0.05) is 12.1 Å². The zero-order chi connectivity index (χ0) is 13.2. The first-order valence-electron chi connectivity index (χ1n) is 5.67. The number of methoxy groups -OCH3 is 1. The maximum Gasteiger partial charge on any atom is 0.416 e. The largest absolute Gasteiger partial charge is 0.496 e. The van der Waals surface area contributed by atoms with Crippen molar-refractivity contribution in [2.75, 3.05) is 20.2 Å². The lowest BCUT2D eigenvalue weighted by atomic mass is 9.99. The molecular formula is C13H14F3NO. The van der Waals surface area contributed by atoms with Crippen LogP contribution in [0.2, 0.25) is 0 Å². The Kier molecular flexibility index (Phi) is 3.61. The summed E-state index contributed by atoms with van der Waals surface area (Å²) in [5, 5.41) is 3.18. The summed E-state index contributed by atoms with van der Waals surface area (Å²) in [4.78, 5) is 0. The van der Waals surface area contributed by atoms with Gasteiger partial charge >= 0.3 is 6.18 Å². The molecule has 0 amide bonds. The van der Waals surface area contributed by atoms with Gasteiger partial charge in [-0.25, -0.2) is 0 Å². The normalized spacial score (nSPS) is 16.3. The highest BCUT2D eigenvalue weighted by atomic mass is 19.4. The van der Waals surface area contributed by atoms with Crippen LogP contribution in [0.25, 0.3) is 5.57 Å². The van der Waals surface area contributed by atoms with E-state index in [9.17, 15) is 13.2 Å². The smallest absolute Gasteiger partial charge is 0.416 e. The van der Waals surface area contributed by atoms with E-state index in [4.69, 9.17) is 4.74 Å². The van der Waals surface area contributed by atoms with Crippen LogP contribution in [0.5, 0.6) is 5.75 Å². The Morgan fingerprint density at radius 3 is 2.61 bits per heavy atom. The second-order valence-corrected chi connectivity index (χ2v) is 4.11. The second-order valence-electron chi connectivity index (χ2n) is 4.11. The number of rotatable bonds is 2. The Balaban J connectivity index is 2.40. The third-order valence-electron chi connectivity index (χ3n) is 2.90. The number of ether oxygens (including phenoxy) is 1. The summed E-state index contributed by atoms with van der Waals surface area (Å²) in [5.74, 6) is 0.264. The summed E-state index contributed by atoms with van der Waals surface area (Å²) in [7, 11) is 1.38. The van der Waals surface area contributed by atoms with Crippen molar-refractivity contribution in [3.05, 3.63) is 35.4 Å². The lowest BCUT2D eigenvalue weighted by Crippen LogP contribution is -2.21. The molecule has 5 heteroatoms. The third kappa shape index (κ3) is 2.67. The molecule has 0 spiro atoms. The van der Waals surface area contributed by atoms with Crippen molar-refractivity contribution >= 4 is 5.57 Å². The molecule has 0 saturated heterocycles. The summed E-state index contributed by atoms with van der Waals surface area (Å²) in [6, 6.07) is 3.61. The molecular weight excluding hydrogens is 243 g/mol. The van der Waals surface area contributed by atoms with Gasteiger partial charge in [-0.2, -0.15) is 13.2 Å². The van der Waals surface area contributed by atoms with Gasteiger partial charge in [0.2, 0.25) is 0 Å². The summed E-state index contributed by atoms with van der Waals surface area (Å²) in [5.41, 5.74) is 1.01. The summed E-state index contributed by atoms with van der Waals surface area (Å²) in [6.07, 6.45) is -1.44. The molecule has 0 bridgehead atoms. The minimum absolute atomic E-state index is 0.264. The predicted octanol–water partition coefficient (Wildman–Crippen LogP) is 3.09. The lowest BCUT2D eigenvalue weighted by molar-refractivity contribution is -0.137. The van der Waals surface area contributed by atoms with Gasteiger partial charge in [0.05, 0.1) is 12.7 Å². The molecule has 98 valence electrons. The molecule has 1 aliphatic rings. The molecule has 2 rings (SSSR count). The van der Waals surface area contributed by atoms with Gasteiger partial charge in [-0.3, -0.25) is 0 Å². The fourth-order valence-electron chi connectivity index (χ4n) is 1.98. The van der Waals surface area contributed by atoms with E-state index in [1.54, 1.807) is 0 Å². The molecule has 0 radical (unpaired) electrons. The van der Waals surface area contributed by atoms with E-state index in [1.165, 1.54) is 13.2 Å². The van der Waals surface area contributed by atoms with E-state index in [2.05, 4.69) is 5.32 Å². The van der Waals surface area contributed by atoms with E-state index in [-0.39, 0.29) is 5.75 Å². The quantitative estimate of drug-likeness (QED) is 0.879. The van der Waals surface area contributed by atoms with E-state index < -0.39 is 11.7 Å². The Morgan fingerprint density at radius 2 is 2.06 bits per heavy atom. The molecule has 0 aromatic heterocycles. The number of hydrogen-bond acceptors (Lipinski definition) is 2. The molecule has 1 aromatic carbocycles. The molecule has 0 fully saturated rings. The number of alkyl halides is 3. The highest BCUT2D eigenvalue weighted by Gasteiger charge is 2.31. The van der Waals surface area contributed by atoms with Crippen LogP contribution in [-0.2, 0) is 6.18 Å². The number of halogens is 3. The zero-order valence-corrected chi connectivity index (χ0v) is 9.97. The van der Waals surface area contributed by atoms with Gasteiger partial charge in [-0.15, -0.1) is 0 Å². The van der Waals surface area contributed by atoms with Crippen LogP contribution in [0.1, 0.15) is 17.5 Å². The van der Waals surface area contributed by atoms with Crippen molar-refractivity contribution in [3.63, 3.8) is 0 Å². The zero-order valence-electron chi connectivity index (χ0n) is 9.97. The maximum atomic E-state index is 12.6. The standard InChI is InChI=1S/C13H14F3NO/c1-18-12-7-10(13(14,15)16)4-5-11(12)9-3-2-6-17-8-9/h3-5,7,17H,2,6,8H2,1H3. The first-order valence-corrected chi connectivity index (χ1v) is 5.67. The van der Waals surface area contributed by atoms with Crippen LogP contribution in [0, 0.1) is 0 Å². The van der Waals surface area contributed by atoms with Crippen LogP contribution in [0.3, 0.4) is 0 Å². The van der Waals surface area contributed by atoms with Crippen molar-refractivity contribution in [1.82, 2.24) is 5.32 Å². The van der Waals surface area contributed by atoms with E-state index in [0.29, 0.717) is 6.54 Å². The van der Waals surface area contributed by atoms with Crippen LogP contribution >= 0.6 is 0 Å². The third-order valence-corrected chi connectivity index (χ3v) is 2.90. The lowest BCUT2D eigenvalue weighted by Gasteiger charge is -2.18. The number of benzene rings is 1. The van der Waals surface area contributed by atoms with Gasteiger partial charge in [0.15, 0.2) is 0 Å². The van der Waals surface area contributed by atoms with Crippen molar-refractivity contribution in [2.24, 2.45) is 0 Å². The molecule has 1 aromatic rings. The van der Waals surface area contributed by atoms with Crippen molar-refractivity contribution in [3.8, 4) is 5.75 Å². The van der Waals surface area contributed by atoms with E-state index in [1.807, 2.05) is 6.08 Å². The molecule has 0 aliphatic carbocycles. The average molecular weight is 257 g/mol. The van der Waals surface area contributed by atoms with Gasteiger partial charge < -0.3 is 10.1 Å². The topological polar surface area (TPSA) is 21.3 Å². The Bertz CT molecular complexity index is 466.